The van der Waals surface area contributed by atoms with Gasteiger partial charge in [0.1, 0.15) is 6.79 Å². The van der Waals surface area contributed by atoms with E-state index in [0.29, 0.717) is 19.6 Å². The van der Waals surface area contributed by atoms with E-state index in [0.717, 1.165) is 11.1 Å². The molecule has 0 spiro atoms. The number of aliphatic hydroxyl groups excluding tert-OH is 1. The molecule has 210 valence electrons. The Bertz CT molecular complexity index is 1200. The molecule has 4 aromatic rings. The number of hydrogen-bond donors (Lipinski definition) is 1. The summed E-state index contributed by atoms with van der Waals surface area (Å²) < 4.78 is 19.7. The van der Waals surface area contributed by atoms with Gasteiger partial charge < -0.3 is 19.0 Å². The monoisotopic (exact) mass is 554 g/mol. The molecule has 0 fully saturated rings. The van der Waals surface area contributed by atoms with Gasteiger partial charge >= 0.3 is 0 Å². The highest BCUT2D eigenvalue weighted by Crippen LogP contribution is 2.38. The number of benzene rings is 4. The highest BCUT2D eigenvalue weighted by Gasteiger charge is 2.50. The molecule has 40 heavy (non-hydrogen) atoms. The molecule has 0 bridgehead atoms. The van der Waals surface area contributed by atoms with E-state index < -0.39 is 8.32 Å². The first-order valence-corrected chi connectivity index (χ1v) is 16.0. The lowest BCUT2D eigenvalue weighted by atomic mass is 9.91. The molecule has 0 saturated heterocycles. The Hall–Kier alpha value is -3.06. The fourth-order valence-electron chi connectivity index (χ4n) is 5.52. The molecule has 0 aromatic heterocycles. The average molecular weight is 555 g/mol. The van der Waals surface area contributed by atoms with Crippen LogP contribution in [0.15, 0.2) is 121 Å². The molecule has 1 N–H and O–H groups in total. The van der Waals surface area contributed by atoms with Gasteiger partial charge in [0, 0.05) is 12.5 Å². The number of hydrogen-bond acceptors (Lipinski definition) is 4. The molecule has 4 aromatic carbocycles. The molecule has 0 radical (unpaired) electrons. The molecule has 2 atom stereocenters. The normalized spacial score (nSPS) is 13.6. The molecule has 4 nitrogen and oxygen atoms in total. The minimum Gasteiger partial charge on any atom is -0.405 e. The van der Waals surface area contributed by atoms with E-state index in [1.807, 2.05) is 48.5 Å². The number of ether oxygens (including phenoxy) is 2. The van der Waals surface area contributed by atoms with E-state index in [1.54, 1.807) is 0 Å². The number of rotatable bonds is 14. The van der Waals surface area contributed by atoms with Crippen molar-refractivity contribution in [1.29, 1.82) is 0 Å². The fraction of sp³-hybridized carbons (Fsp3) is 0.314. The van der Waals surface area contributed by atoms with Crippen LogP contribution in [0.25, 0.3) is 0 Å². The lowest BCUT2D eigenvalue weighted by Gasteiger charge is -2.44. The van der Waals surface area contributed by atoms with Crippen molar-refractivity contribution in [3.05, 3.63) is 132 Å². The molecule has 0 aliphatic heterocycles. The third-order valence-corrected chi connectivity index (χ3v) is 12.5. The molecule has 0 amide bonds. The van der Waals surface area contributed by atoms with E-state index in [-0.39, 0.29) is 30.5 Å². The van der Waals surface area contributed by atoms with Crippen molar-refractivity contribution in [2.45, 2.75) is 50.9 Å². The maximum absolute atomic E-state index is 10.1. The van der Waals surface area contributed by atoms with Crippen molar-refractivity contribution in [3.63, 3.8) is 0 Å². The molecular weight excluding hydrogens is 512 g/mol. The maximum atomic E-state index is 10.1. The molecule has 4 rings (SSSR count). The van der Waals surface area contributed by atoms with Crippen LogP contribution in [0, 0.1) is 0 Å². The van der Waals surface area contributed by atoms with Crippen LogP contribution in [0.1, 0.15) is 44.2 Å². The summed E-state index contributed by atoms with van der Waals surface area (Å²) in [4.78, 5) is 0. The highest BCUT2D eigenvalue weighted by molar-refractivity contribution is 6.99. The van der Waals surface area contributed by atoms with Gasteiger partial charge in [-0.2, -0.15) is 0 Å². The minimum atomic E-state index is -2.77. The van der Waals surface area contributed by atoms with E-state index in [2.05, 4.69) is 93.6 Å². The van der Waals surface area contributed by atoms with E-state index in [1.165, 1.54) is 10.4 Å². The summed E-state index contributed by atoms with van der Waals surface area (Å²) >= 11 is 0. The zero-order chi connectivity index (χ0) is 28.3. The van der Waals surface area contributed by atoms with E-state index in [9.17, 15) is 5.11 Å². The third-order valence-electron chi connectivity index (χ3n) is 7.47. The summed E-state index contributed by atoms with van der Waals surface area (Å²) in [6, 6.07) is 41.7. The quantitative estimate of drug-likeness (QED) is 0.113. The zero-order valence-electron chi connectivity index (χ0n) is 23.9. The fourth-order valence-corrected chi connectivity index (χ4v) is 10.1. The van der Waals surface area contributed by atoms with Gasteiger partial charge in [0.15, 0.2) is 0 Å². The van der Waals surface area contributed by atoms with Gasteiger partial charge in [0.25, 0.3) is 8.32 Å². The Balaban J connectivity index is 1.66. The third kappa shape index (κ3) is 7.36. The van der Waals surface area contributed by atoms with Gasteiger partial charge in [-0.15, -0.1) is 0 Å². The summed E-state index contributed by atoms with van der Waals surface area (Å²) in [7, 11) is -2.77. The largest absolute Gasteiger partial charge is 0.405 e. The molecule has 0 heterocycles. The zero-order valence-corrected chi connectivity index (χ0v) is 24.9. The lowest BCUT2D eigenvalue weighted by Crippen LogP contribution is -2.67. The molecule has 5 heteroatoms. The predicted molar refractivity (Wildman–Crippen MR) is 165 cm³/mol. The summed E-state index contributed by atoms with van der Waals surface area (Å²) in [5.74, 6) is -0.0512. The Kier molecular flexibility index (Phi) is 10.9. The van der Waals surface area contributed by atoms with Gasteiger partial charge in [0.2, 0.25) is 0 Å². The van der Waals surface area contributed by atoms with Gasteiger partial charge in [0.05, 0.1) is 19.3 Å². The maximum Gasteiger partial charge on any atom is 0.261 e. The molecule has 0 unspecified atom stereocenters. The van der Waals surface area contributed by atoms with E-state index >= 15 is 0 Å². The van der Waals surface area contributed by atoms with Crippen LogP contribution in [-0.2, 0) is 20.5 Å². The second kappa shape index (κ2) is 14.5. The van der Waals surface area contributed by atoms with Gasteiger partial charge in [-0.25, -0.2) is 0 Å². The topological polar surface area (TPSA) is 47.9 Å². The minimum absolute atomic E-state index is 0.0512. The van der Waals surface area contributed by atoms with Crippen molar-refractivity contribution in [2.75, 3.05) is 20.0 Å². The van der Waals surface area contributed by atoms with Crippen LogP contribution in [0.5, 0.6) is 0 Å². The molecule has 0 saturated carbocycles. The number of aliphatic hydroxyl groups is 1. The van der Waals surface area contributed by atoms with Gasteiger partial charge in [-0.05, 0) is 33.0 Å². The van der Waals surface area contributed by atoms with Gasteiger partial charge in [-0.1, -0.05) is 142 Å². The van der Waals surface area contributed by atoms with Crippen LogP contribution < -0.4 is 10.4 Å². The standard InChI is InChI=1S/C35H42O4Si/c1-35(2,3)40(31-20-12-6-13-21-31,32-22-14-7-15-23-32)39-27-34(33(24-25-36)30-18-10-5-11-19-30)38-28-37-26-29-16-8-4-9-17-29/h4-23,33-34,36H,24-28H2,1-3H3/t33-,34-/m1/s1. The Morgan fingerprint density at radius 1 is 0.700 bits per heavy atom. The molecule has 0 aliphatic carbocycles. The first-order valence-electron chi connectivity index (χ1n) is 14.1. The summed E-state index contributed by atoms with van der Waals surface area (Å²) in [5, 5.41) is 12.4. The van der Waals surface area contributed by atoms with Crippen LogP contribution in [0.3, 0.4) is 0 Å². The summed E-state index contributed by atoms with van der Waals surface area (Å²) in [6.07, 6.45) is 0.254. The Morgan fingerprint density at radius 2 is 1.20 bits per heavy atom. The van der Waals surface area contributed by atoms with Crippen molar-refractivity contribution in [1.82, 2.24) is 0 Å². The van der Waals surface area contributed by atoms with Crippen LogP contribution in [0.4, 0.5) is 0 Å². The SMILES string of the molecule is CC(C)(C)[Si](OC[C@@H](OCOCc1ccccc1)[C@H](CCO)c1ccccc1)(c1ccccc1)c1ccccc1. The highest BCUT2D eigenvalue weighted by atomic mass is 28.4. The molecular formula is C35H42O4Si. The van der Waals surface area contributed by atoms with Crippen LogP contribution >= 0.6 is 0 Å². The first-order chi connectivity index (χ1) is 19.5. The van der Waals surface area contributed by atoms with Crippen molar-refractivity contribution in [3.8, 4) is 0 Å². The average Bonchev–Trinajstić information content (AvgIpc) is 2.99. The van der Waals surface area contributed by atoms with Crippen molar-refractivity contribution in [2.24, 2.45) is 0 Å². The van der Waals surface area contributed by atoms with Crippen molar-refractivity contribution >= 4 is 18.7 Å². The summed E-state index contributed by atoms with van der Waals surface area (Å²) in [5.41, 5.74) is 2.22. The van der Waals surface area contributed by atoms with Gasteiger partial charge in [-0.3, -0.25) is 0 Å². The van der Waals surface area contributed by atoms with Crippen LogP contribution in [0.2, 0.25) is 5.04 Å². The first kappa shape index (κ1) is 29.9. The predicted octanol–water partition coefficient (Wildman–Crippen LogP) is 6.29. The smallest absolute Gasteiger partial charge is 0.261 e. The second-order valence-electron chi connectivity index (χ2n) is 11.2. The van der Waals surface area contributed by atoms with Crippen LogP contribution in [-0.4, -0.2) is 39.5 Å². The summed E-state index contributed by atoms with van der Waals surface area (Å²) in [6.45, 7) is 7.88. The van der Waals surface area contributed by atoms with E-state index in [4.69, 9.17) is 13.9 Å². The second-order valence-corrected chi connectivity index (χ2v) is 15.5. The lowest BCUT2D eigenvalue weighted by molar-refractivity contribution is -0.115. The Morgan fingerprint density at radius 3 is 1.70 bits per heavy atom. The van der Waals surface area contributed by atoms with Crippen molar-refractivity contribution < 1.29 is 19.0 Å². The Labute approximate surface area is 240 Å². The molecule has 0 aliphatic rings.